The zero-order chi connectivity index (χ0) is 13.2. The lowest BCUT2D eigenvalue weighted by molar-refractivity contribution is 0.614. The van der Waals surface area contributed by atoms with E-state index in [1.165, 1.54) is 18.9 Å². The molecule has 5 heteroatoms. The molecule has 3 nitrogen and oxygen atoms in total. The first-order valence-electron chi connectivity index (χ1n) is 6.40. The summed E-state index contributed by atoms with van der Waals surface area (Å²) in [6.07, 6.45) is 4.52. The summed E-state index contributed by atoms with van der Waals surface area (Å²) >= 11 is 3.20. The van der Waals surface area contributed by atoms with E-state index >= 15 is 0 Å². The van der Waals surface area contributed by atoms with Crippen molar-refractivity contribution in [3.63, 3.8) is 0 Å². The van der Waals surface area contributed by atoms with E-state index in [0.29, 0.717) is 17.1 Å². The van der Waals surface area contributed by atoms with Crippen LogP contribution < -0.4 is 5.32 Å². The highest BCUT2D eigenvalue weighted by Gasteiger charge is 2.20. The Balaban J connectivity index is 1.63. The number of nitrogens with zero attached hydrogens (tertiary/aromatic N) is 2. The van der Waals surface area contributed by atoms with E-state index in [4.69, 9.17) is 0 Å². The van der Waals surface area contributed by atoms with Crippen LogP contribution in [-0.4, -0.2) is 15.8 Å². The second-order valence-electron chi connectivity index (χ2n) is 4.91. The first-order chi connectivity index (χ1) is 9.20. The normalized spacial score (nSPS) is 14.8. The molecule has 0 atom stereocenters. The van der Waals surface area contributed by atoms with E-state index in [9.17, 15) is 4.39 Å². The number of rotatable bonds is 5. The number of aromatic nitrogens is 2. The minimum absolute atomic E-state index is 0.237. The zero-order valence-corrected chi connectivity index (χ0v) is 12.0. The van der Waals surface area contributed by atoms with Crippen LogP contribution in [0.3, 0.4) is 0 Å². The maximum absolute atomic E-state index is 13.1. The highest BCUT2D eigenvalue weighted by atomic mass is 79.9. The molecule has 3 rings (SSSR count). The number of hydrogen-bond donors (Lipinski definition) is 1. The molecular weight excluding hydrogens is 309 g/mol. The summed E-state index contributed by atoms with van der Waals surface area (Å²) in [5.74, 6) is -0.237. The van der Waals surface area contributed by atoms with Crippen LogP contribution in [0.4, 0.5) is 4.39 Å². The molecule has 0 aliphatic heterocycles. The Bertz CT molecular complexity index is 578. The average Bonchev–Trinajstić information content (AvgIpc) is 3.12. The molecular formula is C14H15BrFN3. The molecule has 0 unspecified atom stereocenters. The van der Waals surface area contributed by atoms with E-state index in [1.54, 1.807) is 12.1 Å². The molecule has 2 aromatic rings. The van der Waals surface area contributed by atoms with Crippen molar-refractivity contribution in [1.82, 2.24) is 15.1 Å². The van der Waals surface area contributed by atoms with Crippen molar-refractivity contribution in [2.45, 2.75) is 32.0 Å². The van der Waals surface area contributed by atoms with Gasteiger partial charge in [0.05, 0.1) is 16.7 Å². The van der Waals surface area contributed by atoms with Crippen molar-refractivity contribution in [1.29, 1.82) is 0 Å². The maximum atomic E-state index is 13.1. The Morgan fingerprint density at radius 2 is 2.21 bits per heavy atom. The third-order valence-electron chi connectivity index (χ3n) is 3.17. The largest absolute Gasteiger partial charge is 0.308 e. The van der Waals surface area contributed by atoms with Gasteiger partial charge in [-0.05, 0) is 52.5 Å². The molecule has 1 aliphatic carbocycles. The van der Waals surface area contributed by atoms with Gasteiger partial charge < -0.3 is 5.32 Å². The topological polar surface area (TPSA) is 29.9 Å². The number of nitrogens with one attached hydrogen (secondary N) is 1. The molecule has 1 N–H and O–H groups in total. The molecule has 0 amide bonds. The summed E-state index contributed by atoms with van der Waals surface area (Å²) in [5, 5.41) is 7.94. The molecule has 0 radical (unpaired) electrons. The van der Waals surface area contributed by atoms with Gasteiger partial charge in [-0.3, -0.25) is 4.68 Å². The fourth-order valence-electron chi connectivity index (χ4n) is 1.95. The summed E-state index contributed by atoms with van der Waals surface area (Å²) in [4.78, 5) is 0. The highest BCUT2D eigenvalue weighted by Crippen LogP contribution is 2.19. The van der Waals surface area contributed by atoms with Crippen LogP contribution in [0.2, 0.25) is 0 Å². The van der Waals surface area contributed by atoms with Gasteiger partial charge in [-0.15, -0.1) is 0 Å². The molecule has 0 saturated heterocycles. The second-order valence-corrected chi connectivity index (χ2v) is 5.76. The lowest BCUT2D eigenvalue weighted by Gasteiger charge is -2.03. The van der Waals surface area contributed by atoms with Crippen molar-refractivity contribution >= 4 is 15.9 Å². The Morgan fingerprint density at radius 3 is 2.95 bits per heavy atom. The van der Waals surface area contributed by atoms with Crippen LogP contribution in [0, 0.1) is 5.82 Å². The third kappa shape index (κ3) is 3.42. The van der Waals surface area contributed by atoms with Gasteiger partial charge in [0, 0.05) is 18.8 Å². The smallest absolute Gasteiger partial charge is 0.137 e. The molecule has 0 spiro atoms. The fourth-order valence-corrected chi connectivity index (χ4v) is 2.37. The van der Waals surface area contributed by atoms with Gasteiger partial charge in [-0.25, -0.2) is 4.39 Å². The van der Waals surface area contributed by atoms with Gasteiger partial charge in [0.25, 0.3) is 0 Å². The van der Waals surface area contributed by atoms with Crippen LogP contribution in [-0.2, 0) is 13.1 Å². The van der Waals surface area contributed by atoms with Gasteiger partial charge in [0.1, 0.15) is 5.82 Å². The van der Waals surface area contributed by atoms with Crippen LogP contribution in [0.25, 0.3) is 0 Å². The average molecular weight is 324 g/mol. The van der Waals surface area contributed by atoms with E-state index < -0.39 is 0 Å². The molecule has 1 heterocycles. The Morgan fingerprint density at radius 1 is 1.37 bits per heavy atom. The van der Waals surface area contributed by atoms with E-state index in [-0.39, 0.29) is 5.82 Å². The molecule has 19 heavy (non-hydrogen) atoms. The molecule has 1 aromatic carbocycles. The van der Waals surface area contributed by atoms with Gasteiger partial charge in [-0.2, -0.15) is 5.10 Å². The van der Waals surface area contributed by atoms with Crippen molar-refractivity contribution in [3.8, 4) is 0 Å². The van der Waals surface area contributed by atoms with Gasteiger partial charge in [0.15, 0.2) is 0 Å². The number of benzene rings is 1. The zero-order valence-electron chi connectivity index (χ0n) is 10.4. The number of hydrogen-bond acceptors (Lipinski definition) is 2. The van der Waals surface area contributed by atoms with Crippen molar-refractivity contribution in [2.24, 2.45) is 0 Å². The number of halogens is 2. The van der Waals surface area contributed by atoms with Crippen LogP contribution in [0.1, 0.15) is 24.1 Å². The summed E-state index contributed by atoms with van der Waals surface area (Å²) in [5.41, 5.74) is 2.08. The van der Waals surface area contributed by atoms with Crippen molar-refractivity contribution < 1.29 is 4.39 Å². The summed E-state index contributed by atoms with van der Waals surface area (Å²) in [6, 6.07) is 7.76. The highest BCUT2D eigenvalue weighted by molar-refractivity contribution is 9.10. The monoisotopic (exact) mass is 323 g/mol. The molecule has 100 valence electrons. The predicted molar refractivity (Wildman–Crippen MR) is 75.3 cm³/mol. The van der Waals surface area contributed by atoms with Crippen LogP contribution in [0.15, 0.2) is 34.9 Å². The third-order valence-corrected chi connectivity index (χ3v) is 3.78. The minimum Gasteiger partial charge on any atom is -0.308 e. The Kier molecular flexibility index (Phi) is 3.66. The SMILES string of the molecule is Fc1ccc(Cn2ccc(CNC3CC3)n2)cc1Br. The Labute approximate surface area is 119 Å². The molecule has 1 fully saturated rings. The van der Waals surface area contributed by atoms with E-state index in [1.807, 2.05) is 16.9 Å². The summed E-state index contributed by atoms with van der Waals surface area (Å²) in [7, 11) is 0. The van der Waals surface area contributed by atoms with E-state index in [0.717, 1.165) is 17.8 Å². The minimum atomic E-state index is -0.237. The van der Waals surface area contributed by atoms with Crippen molar-refractivity contribution in [2.75, 3.05) is 0 Å². The molecule has 0 bridgehead atoms. The van der Waals surface area contributed by atoms with Gasteiger partial charge in [-0.1, -0.05) is 6.07 Å². The second kappa shape index (κ2) is 5.43. The lowest BCUT2D eigenvalue weighted by atomic mass is 10.2. The van der Waals surface area contributed by atoms with Crippen molar-refractivity contribution in [3.05, 3.63) is 52.0 Å². The maximum Gasteiger partial charge on any atom is 0.137 e. The summed E-state index contributed by atoms with van der Waals surface area (Å²) < 4.78 is 15.5. The molecule has 1 aromatic heterocycles. The molecule has 1 aliphatic rings. The van der Waals surface area contributed by atoms with Crippen LogP contribution in [0.5, 0.6) is 0 Å². The van der Waals surface area contributed by atoms with Gasteiger partial charge in [0.2, 0.25) is 0 Å². The Hall–Kier alpha value is -1.20. The standard InChI is InChI=1S/C14H15BrFN3/c15-13-7-10(1-4-14(13)16)9-19-6-5-12(18-19)8-17-11-2-3-11/h1,4-7,11,17H,2-3,8-9H2. The fraction of sp³-hybridized carbons (Fsp3) is 0.357. The first-order valence-corrected chi connectivity index (χ1v) is 7.19. The van der Waals surface area contributed by atoms with Gasteiger partial charge >= 0.3 is 0 Å². The quantitative estimate of drug-likeness (QED) is 0.916. The predicted octanol–water partition coefficient (Wildman–Crippen LogP) is 3.09. The van der Waals surface area contributed by atoms with E-state index in [2.05, 4.69) is 26.3 Å². The molecule has 1 saturated carbocycles. The van der Waals surface area contributed by atoms with Crippen LogP contribution >= 0.6 is 15.9 Å². The lowest BCUT2D eigenvalue weighted by Crippen LogP contribution is -2.16. The first kappa shape index (κ1) is 12.8. The summed E-state index contributed by atoms with van der Waals surface area (Å²) in [6.45, 7) is 1.48.